The Labute approximate surface area is 150 Å². The van der Waals surface area contributed by atoms with Gasteiger partial charge in [-0.05, 0) is 30.8 Å². The summed E-state index contributed by atoms with van der Waals surface area (Å²) in [6.07, 6.45) is 1.95. The number of likely N-dealkylation sites (tertiary alicyclic amines) is 1. The molecule has 0 N–H and O–H groups in total. The summed E-state index contributed by atoms with van der Waals surface area (Å²) in [4.78, 5) is 20.4. The highest BCUT2D eigenvalue weighted by molar-refractivity contribution is 7.13. The summed E-state index contributed by atoms with van der Waals surface area (Å²) in [6, 6.07) is 13.5. The van der Waals surface area contributed by atoms with Crippen LogP contribution in [0.25, 0.3) is 10.7 Å². The number of benzene rings is 1. The van der Waals surface area contributed by atoms with E-state index in [-0.39, 0.29) is 11.7 Å². The van der Waals surface area contributed by atoms with Crippen LogP contribution in [0.5, 0.6) is 0 Å². The van der Waals surface area contributed by atoms with Gasteiger partial charge in [0.25, 0.3) is 0 Å². The Bertz CT molecular complexity index is 829. The minimum absolute atomic E-state index is 0.0378. The molecule has 1 fully saturated rings. The predicted octanol–water partition coefficient (Wildman–Crippen LogP) is 3.89. The number of thiophene rings is 1. The van der Waals surface area contributed by atoms with E-state index in [1.54, 1.807) is 11.3 Å². The Kier molecular flexibility index (Phi) is 4.72. The topological polar surface area (TPSA) is 59.2 Å². The van der Waals surface area contributed by atoms with Crippen LogP contribution in [0.4, 0.5) is 0 Å². The summed E-state index contributed by atoms with van der Waals surface area (Å²) >= 11 is 1.59. The molecule has 2 aromatic heterocycles. The fraction of sp³-hybridized carbons (Fsp3) is 0.316. The molecule has 25 heavy (non-hydrogen) atoms. The van der Waals surface area contributed by atoms with E-state index in [0.717, 1.165) is 36.4 Å². The second-order valence-electron chi connectivity index (χ2n) is 6.29. The number of nitrogens with zero attached hydrogens (tertiary/aromatic N) is 3. The summed E-state index contributed by atoms with van der Waals surface area (Å²) in [5.41, 5.74) is 0.798. The number of hydrogen-bond acceptors (Lipinski definition) is 6. The van der Waals surface area contributed by atoms with Gasteiger partial charge in [0.05, 0.1) is 11.4 Å². The maximum absolute atomic E-state index is 12.7. The highest BCUT2D eigenvalue weighted by Crippen LogP contribution is 2.24. The SMILES string of the molecule is O=C(c1ccccc1)C1CCCN(Cc2nc(-c3cccs3)no2)C1. The standard InChI is InChI=1S/C19H19N3O2S/c23-18(14-6-2-1-3-7-14)15-8-4-10-22(12-15)13-17-20-19(21-24-17)16-9-5-11-25-16/h1-3,5-7,9,11,15H,4,8,10,12-13H2. The number of Topliss-reactive ketones (excluding diaryl/α,β-unsaturated/α-hetero) is 1. The smallest absolute Gasteiger partial charge is 0.241 e. The van der Waals surface area contributed by atoms with E-state index >= 15 is 0 Å². The maximum atomic E-state index is 12.7. The third kappa shape index (κ3) is 3.70. The molecule has 5 nitrogen and oxygen atoms in total. The molecule has 0 radical (unpaired) electrons. The lowest BCUT2D eigenvalue weighted by molar-refractivity contribution is 0.0797. The van der Waals surface area contributed by atoms with Crippen LogP contribution < -0.4 is 0 Å². The first kappa shape index (κ1) is 16.2. The zero-order valence-electron chi connectivity index (χ0n) is 13.8. The maximum Gasteiger partial charge on any atom is 0.241 e. The number of rotatable bonds is 5. The van der Waals surface area contributed by atoms with Crippen molar-refractivity contribution in [2.45, 2.75) is 19.4 Å². The van der Waals surface area contributed by atoms with Gasteiger partial charge in [-0.1, -0.05) is 41.6 Å². The van der Waals surface area contributed by atoms with Gasteiger partial charge in [-0.3, -0.25) is 9.69 Å². The van der Waals surface area contributed by atoms with Gasteiger partial charge in [-0.25, -0.2) is 0 Å². The largest absolute Gasteiger partial charge is 0.338 e. The van der Waals surface area contributed by atoms with Crippen LogP contribution in [-0.4, -0.2) is 33.9 Å². The van der Waals surface area contributed by atoms with Crippen molar-refractivity contribution in [3.63, 3.8) is 0 Å². The van der Waals surface area contributed by atoms with E-state index in [2.05, 4.69) is 15.0 Å². The number of piperidine rings is 1. The molecule has 1 aliphatic heterocycles. The van der Waals surface area contributed by atoms with Crippen molar-refractivity contribution in [3.8, 4) is 10.7 Å². The molecule has 1 aromatic carbocycles. The molecule has 6 heteroatoms. The third-order valence-electron chi connectivity index (χ3n) is 4.50. The van der Waals surface area contributed by atoms with E-state index in [1.165, 1.54) is 0 Å². The molecule has 3 heterocycles. The van der Waals surface area contributed by atoms with E-state index in [4.69, 9.17) is 4.52 Å². The summed E-state index contributed by atoms with van der Waals surface area (Å²) in [5.74, 6) is 1.51. The quantitative estimate of drug-likeness (QED) is 0.651. The molecule has 0 saturated carbocycles. The van der Waals surface area contributed by atoms with Crippen LogP contribution >= 0.6 is 11.3 Å². The lowest BCUT2D eigenvalue weighted by Gasteiger charge is -2.30. The summed E-state index contributed by atoms with van der Waals surface area (Å²) < 4.78 is 5.39. The van der Waals surface area contributed by atoms with Gasteiger partial charge in [0.1, 0.15) is 0 Å². The normalized spacial score (nSPS) is 18.3. The number of carbonyl (C=O) groups excluding carboxylic acids is 1. The van der Waals surface area contributed by atoms with Crippen LogP contribution in [0.2, 0.25) is 0 Å². The van der Waals surface area contributed by atoms with Gasteiger partial charge < -0.3 is 4.52 Å². The summed E-state index contributed by atoms with van der Waals surface area (Å²) in [5, 5.41) is 6.05. The Morgan fingerprint density at radius 3 is 2.92 bits per heavy atom. The minimum atomic E-state index is 0.0378. The molecule has 4 rings (SSSR count). The molecule has 1 aliphatic rings. The molecule has 3 aromatic rings. The lowest BCUT2D eigenvalue weighted by Crippen LogP contribution is -2.38. The van der Waals surface area contributed by atoms with Crippen molar-refractivity contribution in [1.29, 1.82) is 0 Å². The van der Waals surface area contributed by atoms with Crippen LogP contribution in [0.15, 0.2) is 52.4 Å². The van der Waals surface area contributed by atoms with Crippen molar-refractivity contribution < 1.29 is 9.32 Å². The molecule has 128 valence electrons. The van der Waals surface area contributed by atoms with Gasteiger partial charge in [0.2, 0.25) is 11.7 Å². The number of carbonyl (C=O) groups is 1. The van der Waals surface area contributed by atoms with Gasteiger partial charge in [-0.2, -0.15) is 4.98 Å². The average Bonchev–Trinajstić information content (AvgIpc) is 3.34. The lowest BCUT2D eigenvalue weighted by atomic mass is 9.90. The summed E-state index contributed by atoms with van der Waals surface area (Å²) in [6.45, 7) is 2.29. The van der Waals surface area contributed by atoms with Gasteiger partial charge in [0, 0.05) is 18.0 Å². The highest BCUT2D eigenvalue weighted by Gasteiger charge is 2.27. The molecule has 1 atom stereocenters. The zero-order valence-corrected chi connectivity index (χ0v) is 14.6. The van der Waals surface area contributed by atoms with Crippen LogP contribution in [0, 0.1) is 5.92 Å². The fourth-order valence-electron chi connectivity index (χ4n) is 3.27. The number of aromatic nitrogens is 2. The molecule has 1 saturated heterocycles. The molecule has 0 bridgehead atoms. The van der Waals surface area contributed by atoms with E-state index in [1.807, 2.05) is 47.8 Å². The molecule has 0 amide bonds. The van der Waals surface area contributed by atoms with Crippen LogP contribution in [-0.2, 0) is 6.54 Å². The average molecular weight is 353 g/mol. The van der Waals surface area contributed by atoms with E-state index < -0.39 is 0 Å². The Morgan fingerprint density at radius 1 is 1.24 bits per heavy atom. The van der Waals surface area contributed by atoms with E-state index in [9.17, 15) is 4.79 Å². The van der Waals surface area contributed by atoms with Crippen LogP contribution in [0.1, 0.15) is 29.1 Å². The first-order valence-electron chi connectivity index (χ1n) is 8.47. The summed E-state index contributed by atoms with van der Waals surface area (Å²) in [7, 11) is 0. The first-order chi connectivity index (χ1) is 12.3. The van der Waals surface area contributed by atoms with Gasteiger partial charge in [-0.15, -0.1) is 11.3 Å². The second-order valence-corrected chi connectivity index (χ2v) is 7.24. The van der Waals surface area contributed by atoms with Gasteiger partial charge in [0.15, 0.2) is 5.78 Å². The molecule has 0 spiro atoms. The Morgan fingerprint density at radius 2 is 2.12 bits per heavy atom. The predicted molar refractivity (Wildman–Crippen MR) is 96.4 cm³/mol. The van der Waals surface area contributed by atoms with E-state index in [0.29, 0.717) is 18.3 Å². The molecule has 1 unspecified atom stereocenters. The third-order valence-corrected chi connectivity index (χ3v) is 5.37. The molecular weight excluding hydrogens is 334 g/mol. The van der Waals surface area contributed by atoms with Gasteiger partial charge >= 0.3 is 0 Å². The molecular formula is C19H19N3O2S. The second kappa shape index (κ2) is 7.29. The zero-order chi connectivity index (χ0) is 17.1. The number of ketones is 1. The van der Waals surface area contributed by atoms with Crippen LogP contribution in [0.3, 0.4) is 0 Å². The Balaban J connectivity index is 1.41. The highest BCUT2D eigenvalue weighted by atomic mass is 32.1. The van der Waals surface area contributed by atoms with Crippen molar-refractivity contribution in [2.24, 2.45) is 5.92 Å². The monoisotopic (exact) mass is 353 g/mol. The van der Waals surface area contributed by atoms with Crippen molar-refractivity contribution in [2.75, 3.05) is 13.1 Å². The van der Waals surface area contributed by atoms with Crippen molar-refractivity contribution in [3.05, 3.63) is 59.3 Å². The Hall–Kier alpha value is -2.31. The first-order valence-corrected chi connectivity index (χ1v) is 9.35. The number of hydrogen-bond donors (Lipinski definition) is 0. The molecule has 0 aliphatic carbocycles. The van der Waals surface area contributed by atoms with Crippen molar-refractivity contribution >= 4 is 17.1 Å². The van der Waals surface area contributed by atoms with Crippen molar-refractivity contribution in [1.82, 2.24) is 15.0 Å². The fourth-order valence-corrected chi connectivity index (χ4v) is 3.92. The minimum Gasteiger partial charge on any atom is -0.338 e.